The normalized spacial score (nSPS) is 12.0. The van der Waals surface area contributed by atoms with Crippen LogP contribution in [0, 0.1) is 6.92 Å². The van der Waals surface area contributed by atoms with Gasteiger partial charge in [0.2, 0.25) is 11.8 Å². The molecule has 0 heterocycles. The molecule has 1 atom stereocenters. The van der Waals surface area contributed by atoms with E-state index in [1.807, 2.05) is 51.1 Å². The first-order chi connectivity index (χ1) is 21.9. The summed E-state index contributed by atoms with van der Waals surface area (Å²) in [6, 6.07) is 26.0. The molecule has 0 fully saturated rings. The lowest BCUT2D eigenvalue weighted by atomic mass is 10.0. The number of benzene rings is 4. The van der Waals surface area contributed by atoms with Crippen molar-refractivity contribution in [1.82, 2.24) is 10.2 Å². The molecule has 242 valence electrons. The maximum Gasteiger partial charge on any atom is 0.264 e. The minimum Gasteiger partial charge on any atom is -0.495 e. The van der Waals surface area contributed by atoms with E-state index in [0.717, 1.165) is 15.4 Å². The third kappa shape index (κ3) is 8.81. The van der Waals surface area contributed by atoms with Crippen LogP contribution in [0.25, 0.3) is 0 Å². The molecule has 0 aliphatic heterocycles. The summed E-state index contributed by atoms with van der Waals surface area (Å²) in [6.45, 7) is 4.92. The Hall–Kier alpha value is -4.05. The smallest absolute Gasteiger partial charge is 0.264 e. The zero-order valence-electron chi connectivity index (χ0n) is 26.1. The second-order valence-electron chi connectivity index (χ2n) is 11.2. The van der Waals surface area contributed by atoms with Gasteiger partial charge in [0, 0.05) is 24.0 Å². The fraction of sp³-hybridized carbons (Fsp3) is 0.257. The van der Waals surface area contributed by atoms with Crippen LogP contribution in [0.15, 0.2) is 102 Å². The monoisotopic (exact) mass is 681 g/mol. The number of rotatable bonds is 13. The zero-order chi connectivity index (χ0) is 33.4. The second-order valence-corrected chi connectivity index (χ2v) is 13.9. The van der Waals surface area contributed by atoms with Crippen LogP contribution in [-0.4, -0.2) is 50.9 Å². The van der Waals surface area contributed by atoms with E-state index in [0.29, 0.717) is 16.3 Å². The van der Waals surface area contributed by atoms with Crippen LogP contribution >= 0.6 is 23.2 Å². The molecule has 8 nitrogen and oxygen atoms in total. The Morgan fingerprint density at radius 3 is 2.15 bits per heavy atom. The Labute approximate surface area is 280 Å². The van der Waals surface area contributed by atoms with E-state index in [9.17, 15) is 18.0 Å². The number of halogens is 2. The summed E-state index contributed by atoms with van der Waals surface area (Å²) in [6.07, 6.45) is 0.199. The van der Waals surface area contributed by atoms with Gasteiger partial charge in [0.25, 0.3) is 10.0 Å². The molecule has 0 saturated carbocycles. The van der Waals surface area contributed by atoms with Crippen LogP contribution < -0.4 is 14.4 Å². The molecule has 0 aromatic heterocycles. The van der Waals surface area contributed by atoms with Crippen molar-refractivity contribution in [2.75, 3.05) is 18.0 Å². The van der Waals surface area contributed by atoms with Crippen LogP contribution in [0.3, 0.4) is 0 Å². The Kier molecular flexibility index (Phi) is 11.7. The van der Waals surface area contributed by atoms with E-state index in [2.05, 4.69) is 5.32 Å². The minimum absolute atomic E-state index is 0.00221. The minimum atomic E-state index is -4.27. The van der Waals surface area contributed by atoms with Crippen molar-refractivity contribution >= 4 is 50.7 Å². The van der Waals surface area contributed by atoms with Crippen LogP contribution in [-0.2, 0) is 32.6 Å². The summed E-state index contributed by atoms with van der Waals surface area (Å²) in [5, 5.41) is 3.58. The molecule has 11 heteroatoms. The summed E-state index contributed by atoms with van der Waals surface area (Å²) in [5.41, 5.74) is 2.55. The number of sulfonamides is 1. The number of nitrogens with one attached hydrogen (secondary N) is 1. The van der Waals surface area contributed by atoms with Crippen molar-refractivity contribution in [3.63, 3.8) is 0 Å². The van der Waals surface area contributed by atoms with E-state index >= 15 is 0 Å². The third-order valence-corrected chi connectivity index (χ3v) is 9.57. The fourth-order valence-corrected chi connectivity index (χ4v) is 6.81. The highest BCUT2D eigenvalue weighted by Crippen LogP contribution is 2.32. The molecule has 0 saturated heterocycles. The lowest BCUT2D eigenvalue weighted by Crippen LogP contribution is -2.54. The molecule has 1 N–H and O–H groups in total. The number of aryl methyl sites for hydroxylation is 1. The van der Waals surface area contributed by atoms with Gasteiger partial charge in [-0.15, -0.1) is 0 Å². The van der Waals surface area contributed by atoms with E-state index in [1.165, 1.54) is 42.3 Å². The van der Waals surface area contributed by atoms with Crippen molar-refractivity contribution in [2.45, 2.75) is 50.7 Å². The first kappa shape index (κ1) is 34.8. The van der Waals surface area contributed by atoms with E-state index in [-0.39, 0.29) is 40.5 Å². The average molecular weight is 683 g/mol. The number of carbonyl (C=O) groups is 2. The molecule has 46 heavy (non-hydrogen) atoms. The maximum absolute atomic E-state index is 14.5. The van der Waals surface area contributed by atoms with E-state index < -0.39 is 28.5 Å². The van der Waals surface area contributed by atoms with E-state index in [4.69, 9.17) is 27.9 Å². The van der Waals surface area contributed by atoms with Crippen LogP contribution in [0.2, 0.25) is 10.0 Å². The first-order valence-electron chi connectivity index (χ1n) is 14.7. The Morgan fingerprint density at radius 2 is 1.54 bits per heavy atom. The predicted molar refractivity (Wildman–Crippen MR) is 183 cm³/mol. The van der Waals surface area contributed by atoms with Crippen molar-refractivity contribution in [3.8, 4) is 5.75 Å². The largest absolute Gasteiger partial charge is 0.495 e. The molecule has 0 unspecified atom stereocenters. The maximum atomic E-state index is 14.5. The highest BCUT2D eigenvalue weighted by molar-refractivity contribution is 7.92. The van der Waals surface area contributed by atoms with Gasteiger partial charge in [-0.25, -0.2) is 8.42 Å². The lowest BCUT2D eigenvalue weighted by molar-refractivity contribution is -0.140. The van der Waals surface area contributed by atoms with E-state index in [1.54, 1.807) is 36.4 Å². The van der Waals surface area contributed by atoms with Crippen molar-refractivity contribution in [2.24, 2.45) is 0 Å². The number of nitrogens with zero attached hydrogens (tertiary/aromatic N) is 2. The van der Waals surface area contributed by atoms with Gasteiger partial charge < -0.3 is 15.0 Å². The molecule has 0 spiro atoms. The number of ether oxygens (including phenoxy) is 1. The Morgan fingerprint density at radius 1 is 0.870 bits per heavy atom. The topological polar surface area (TPSA) is 96.0 Å². The molecule has 0 bridgehead atoms. The Balaban J connectivity index is 1.83. The number of hydrogen-bond donors (Lipinski definition) is 1. The summed E-state index contributed by atoms with van der Waals surface area (Å²) < 4.78 is 34.7. The van der Waals surface area contributed by atoms with Gasteiger partial charge in [0.15, 0.2) is 0 Å². The molecular weight excluding hydrogens is 645 g/mol. The van der Waals surface area contributed by atoms with Gasteiger partial charge >= 0.3 is 0 Å². The van der Waals surface area contributed by atoms with Crippen molar-refractivity contribution in [3.05, 3.63) is 124 Å². The van der Waals surface area contributed by atoms with Gasteiger partial charge in [-0.2, -0.15) is 0 Å². The number of amides is 2. The summed E-state index contributed by atoms with van der Waals surface area (Å²) in [5.74, 6) is -0.614. The zero-order valence-corrected chi connectivity index (χ0v) is 28.4. The fourth-order valence-electron chi connectivity index (χ4n) is 4.94. The summed E-state index contributed by atoms with van der Waals surface area (Å²) in [7, 11) is -2.82. The second kappa shape index (κ2) is 15.5. The molecule has 2 amide bonds. The predicted octanol–water partition coefficient (Wildman–Crippen LogP) is 6.67. The molecular formula is C35H37Cl2N3O5S. The van der Waals surface area contributed by atoms with Gasteiger partial charge in [0.1, 0.15) is 18.3 Å². The van der Waals surface area contributed by atoms with Gasteiger partial charge in [-0.05, 0) is 74.4 Å². The molecule has 0 radical (unpaired) electrons. The highest BCUT2D eigenvalue weighted by atomic mass is 35.5. The lowest BCUT2D eigenvalue weighted by Gasteiger charge is -2.34. The summed E-state index contributed by atoms with van der Waals surface area (Å²) in [4.78, 5) is 29.7. The first-order valence-corrected chi connectivity index (χ1v) is 16.9. The standard InChI is InChI=1S/C35H37Cl2N3O5S/c1-24(2)38-35(42)32(20-26-9-6-5-7-10-26)39(22-27-11-8-12-28(36)19-27)34(41)23-40(29-15-18-33(45-4)31(37)21-29)46(43,44)30-16-13-25(3)14-17-30/h5-19,21,24,32H,20,22-23H2,1-4H3,(H,38,42)/t32-/m1/s1. The number of anilines is 1. The Bertz CT molecular complexity index is 1770. The third-order valence-electron chi connectivity index (χ3n) is 7.26. The number of hydrogen-bond acceptors (Lipinski definition) is 5. The van der Waals surface area contributed by atoms with Crippen LogP contribution in [0.4, 0.5) is 5.69 Å². The van der Waals surface area contributed by atoms with Crippen molar-refractivity contribution < 1.29 is 22.7 Å². The highest BCUT2D eigenvalue weighted by Gasteiger charge is 2.35. The van der Waals surface area contributed by atoms with Gasteiger partial charge in [-0.1, -0.05) is 83.4 Å². The molecule has 0 aliphatic rings. The van der Waals surface area contributed by atoms with Crippen LogP contribution in [0.5, 0.6) is 5.75 Å². The number of methoxy groups -OCH3 is 1. The molecule has 4 rings (SSSR count). The van der Waals surface area contributed by atoms with Gasteiger partial charge in [-0.3, -0.25) is 13.9 Å². The van der Waals surface area contributed by atoms with Crippen LogP contribution in [0.1, 0.15) is 30.5 Å². The molecule has 4 aromatic carbocycles. The number of carbonyl (C=O) groups excluding carboxylic acids is 2. The SMILES string of the molecule is COc1ccc(N(CC(=O)N(Cc2cccc(Cl)c2)[C@H](Cc2ccccc2)C(=O)NC(C)C)S(=O)(=O)c2ccc(C)cc2)cc1Cl. The van der Waals surface area contributed by atoms with Crippen molar-refractivity contribution in [1.29, 1.82) is 0 Å². The summed E-state index contributed by atoms with van der Waals surface area (Å²) >= 11 is 12.7. The van der Waals surface area contributed by atoms with Gasteiger partial charge in [0.05, 0.1) is 22.7 Å². The molecule has 4 aromatic rings. The molecule has 0 aliphatic carbocycles. The quantitative estimate of drug-likeness (QED) is 0.170. The average Bonchev–Trinajstić information content (AvgIpc) is 3.01.